The lowest BCUT2D eigenvalue weighted by Crippen LogP contribution is -2.47. The summed E-state index contributed by atoms with van der Waals surface area (Å²) >= 11 is 0. The maximum atomic E-state index is 9.97. The van der Waals surface area contributed by atoms with E-state index in [4.69, 9.17) is 9.84 Å². The van der Waals surface area contributed by atoms with Gasteiger partial charge in [0.2, 0.25) is 0 Å². The summed E-state index contributed by atoms with van der Waals surface area (Å²) < 4.78 is 5.71. The Morgan fingerprint density at radius 2 is 1.82 bits per heavy atom. The minimum Gasteiger partial charge on any atom is -0.491 e. The maximum Gasteiger partial charge on any atom is 0.122 e. The van der Waals surface area contributed by atoms with Crippen molar-refractivity contribution in [3.05, 3.63) is 29.3 Å². The average molecular weight is 309 g/mol. The molecule has 4 heteroatoms. The van der Waals surface area contributed by atoms with Crippen molar-refractivity contribution in [1.29, 1.82) is 0 Å². The predicted molar refractivity (Wildman–Crippen MR) is 90.5 cm³/mol. The fourth-order valence-corrected chi connectivity index (χ4v) is 1.97. The van der Waals surface area contributed by atoms with Crippen molar-refractivity contribution in [3.8, 4) is 5.75 Å². The molecule has 0 saturated heterocycles. The number of aliphatic hydroxyl groups excluding tert-OH is 2. The number of hydrogen-bond acceptors (Lipinski definition) is 4. The molecular weight excluding hydrogens is 278 g/mol. The average Bonchev–Trinajstić information content (AvgIpc) is 2.43. The second-order valence-corrected chi connectivity index (χ2v) is 7.62. The van der Waals surface area contributed by atoms with Crippen LogP contribution in [0.2, 0.25) is 0 Å². The number of nitrogens with one attached hydrogen (secondary N) is 1. The number of aliphatic hydroxyl groups is 2. The largest absolute Gasteiger partial charge is 0.491 e. The number of rotatable bonds is 7. The highest BCUT2D eigenvalue weighted by Crippen LogP contribution is 2.27. The molecule has 0 unspecified atom stereocenters. The molecule has 22 heavy (non-hydrogen) atoms. The Kier molecular flexibility index (Phi) is 6.41. The van der Waals surface area contributed by atoms with Crippen LogP contribution in [-0.2, 0) is 5.41 Å². The highest BCUT2D eigenvalue weighted by Gasteiger charge is 2.18. The Labute approximate surface area is 134 Å². The van der Waals surface area contributed by atoms with Crippen molar-refractivity contribution < 1.29 is 14.9 Å². The van der Waals surface area contributed by atoms with Gasteiger partial charge in [0.05, 0.1) is 6.61 Å². The van der Waals surface area contributed by atoms with Gasteiger partial charge in [-0.25, -0.2) is 0 Å². The third-order valence-corrected chi connectivity index (χ3v) is 3.68. The molecule has 1 aromatic rings. The summed E-state index contributed by atoms with van der Waals surface area (Å²) in [7, 11) is 0. The van der Waals surface area contributed by atoms with Crippen molar-refractivity contribution >= 4 is 0 Å². The van der Waals surface area contributed by atoms with Crippen LogP contribution < -0.4 is 10.1 Å². The van der Waals surface area contributed by atoms with E-state index in [-0.39, 0.29) is 18.6 Å². The fraction of sp³-hybridized carbons (Fsp3) is 0.667. The van der Waals surface area contributed by atoms with Gasteiger partial charge in [-0.2, -0.15) is 0 Å². The lowest BCUT2D eigenvalue weighted by molar-refractivity contribution is 0.0904. The van der Waals surface area contributed by atoms with Crippen molar-refractivity contribution in [3.63, 3.8) is 0 Å². The molecule has 126 valence electrons. The van der Waals surface area contributed by atoms with Gasteiger partial charge in [0, 0.05) is 12.1 Å². The van der Waals surface area contributed by atoms with Crippen LogP contribution in [0.25, 0.3) is 0 Å². The summed E-state index contributed by atoms with van der Waals surface area (Å²) in [4.78, 5) is 0. The minimum atomic E-state index is -0.618. The molecule has 1 aromatic carbocycles. The van der Waals surface area contributed by atoms with E-state index >= 15 is 0 Å². The van der Waals surface area contributed by atoms with E-state index in [1.807, 2.05) is 26.8 Å². The summed E-state index contributed by atoms with van der Waals surface area (Å²) in [6.07, 6.45) is -0.618. The van der Waals surface area contributed by atoms with Crippen molar-refractivity contribution in [2.45, 2.75) is 58.6 Å². The lowest BCUT2D eigenvalue weighted by atomic mass is 9.86. The molecular formula is C18H31NO3. The van der Waals surface area contributed by atoms with Gasteiger partial charge in [0.15, 0.2) is 0 Å². The zero-order valence-electron chi connectivity index (χ0n) is 14.7. The minimum absolute atomic E-state index is 0.0218. The van der Waals surface area contributed by atoms with Crippen LogP contribution in [0.4, 0.5) is 0 Å². The normalized spacial score (nSPS) is 14.0. The standard InChI is InChI=1S/C18H31NO3/c1-13-9-14(17(2,3)4)7-8-16(13)22-11-15(21)10-19-18(5,6)12-20/h7-9,15,19-21H,10-12H2,1-6H3/t15-/m0/s1. The van der Waals surface area contributed by atoms with Gasteiger partial charge < -0.3 is 20.3 Å². The van der Waals surface area contributed by atoms with E-state index in [9.17, 15) is 5.11 Å². The molecule has 1 atom stereocenters. The number of hydrogen-bond donors (Lipinski definition) is 3. The summed E-state index contributed by atoms with van der Waals surface area (Å²) in [6.45, 7) is 13.0. The second kappa shape index (κ2) is 7.44. The molecule has 0 radical (unpaired) electrons. The first-order valence-electron chi connectivity index (χ1n) is 7.83. The SMILES string of the molecule is Cc1cc(C(C)(C)C)ccc1OC[C@@H](O)CNC(C)(C)CO. The van der Waals surface area contributed by atoms with Gasteiger partial charge in [-0.1, -0.05) is 32.9 Å². The van der Waals surface area contributed by atoms with Crippen LogP contribution in [0.3, 0.4) is 0 Å². The molecule has 0 aliphatic rings. The lowest BCUT2D eigenvalue weighted by Gasteiger charge is -2.25. The Balaban J connectivity index is 2.54. The highest BCUT2D eigenvalue weighted by atomic mass is 16.5. The number of benzene rings is 1. The molecule has 0 bridgehead atoms. The molecule has 0 spiro atoms. The van der Waals surface area contributed by atoms with Crippen LogP contribution in [0, 0.1) is 6.92 Å². The third-order valence-electron chi connectivity index (χ3n) is 3.68. The monoisotopic (exact) mass is 309 g/mol. The molecule has 0 aromatic heterocycles. The van der Waals surface area contributed by atoms with Crippen LogP contribution in [-0.4, -0.2) is 41.6 Å². The highest BCUT2D eigenvalue weighted by molar-refractivity contribution is 5.38. The molecule has 0 aliphatic heterocycles. The molecule has 0 heterocycles. The van der Waals surface area contributed by atoms with Crippen LogP contribution in [0.5, 0.6) is 5.75 Å². The molecule has 0 saturated carbocycles. The molecule has 0 amide bonds. The van der Waals surface area contributed by atoms with Crippen LogP contribution in [0.15, 0.2) is 18.2 Å². The van der Waals surface area contributed by atoms with E-state index in [2.05, 4.69) is 38.2 Å². The van der Waals surface area contributed by atoms with E-state index in [0.717, 1.165) is 11.3 Å². The van der Waals surface area contributed by atoms with Gasteiger partial charge >= 0.3 is 0 Å². The Morgan fingerprint density at radius 3 is 2.32 bits per heavy atom. The molecule has 0 aliphatic carbocycles. The smallest absolute Gasteiger partial charge is 0.122 e. The first kappa shape index (κ1) is 18.9. The molecule has 3 N–H and O–H groups in total. The van der Waals surface area contributed by atoms with E-state index in [1.165, 1.54) is 5.56 Å². The van der Waals surface area contributed by atoms with Crippen molar-refractivity contribution in [2.75, 3.05) is 19.8 Å². The molecule has 4 nitrogen and oxygen atoms in total. The number of aryl methyl sites for hydroxylation is 1. The molecule has 0 fully saturated rings. The van der Waals surface area contributed by atoms with Crippen LogP contribution in [0.1, 0.15) is 45.7 Å². The third kappa shape index (κ3) is 5.95. The van der Waals surface area contributed by atoms with Crippen molar-refractivity contribution in [1.82, 2.24) is 5.32 Å². The Bertz CT molecular complexity index is 478. The predicted octanol–water partition coefficient (Wildman–Crippen LogP) is 2.39. The van der Waals surface area contributed by atoms with Gasteiger partial charge in [-0.15, -0.1) is 0 Å². The number of ether oxygens (including phenoxy) is 1. The van der Waals surface area contributed by atoms with Gasteiger partial charge in [0.1, 0.15) is 18.5 Å². The fourth-order valence-electron chi connectivity index (χ4n) is 1.97. The first-order chi connectivity index (χ1) is 10.0. The zero-order valence-corrected chi connectivity index (χ0v) is 14.7. The topological polar surface area (TPSA) is 61.7 Å². The van der Waals surface area contributed by atoms with Gasteiger partial charge in [-0.3, -0.25) is 0 Å². The summed E-state index contributed by atoms with van der Waals surface area (Å²) in [5.41, 5.74) is 2.06. The number of β-amino-alcohol motifs (C(OH)–C–C–N with tert-alkyl or cyclic N) is 1. The summed E-state index contributed by atoms with van der Waals surface area (Å²) in [5.74, 6) is 0.800. The van der Waals surface area contributed by atoms with E-state index in [1.54, 1.807) is 0 Å². The van der Waals surface area contributed by atoms with Crippen molar-refractivity contribution in [2.24, 2.45) is 0 Å². The van der Waals surface area contributed by atoms with Gasteiger partial charge in [-0.05, 0) is 43.4 Å². The van der Waals surface area contributed by atoms with E-state index < -0.39 is 11.6 Å². The maximum absolute atomic E-state index is 9.97. The quantitative estimate of drug-likeness (QED) is 0.724. The first-order valence-corrected chi connectivity index (χ1v) is 7.83. The Morgan fingerprint density at radius 1 is 1.18 bits per heavy atom. The molecule has 1 rings (SSSR count). The summed E-state index contributed by atoms with van der Waals surface area (Å²) in [5, 5.41) is 22.3. The second-order valence-electron chi connectivity index (χ2n) is 7.62. The van der Waals surface area contributed by atoms with Gasteiger partial charge in [0.25, 0.3) is 0 Å². The summed E-state index contributed by atoms with van der Waals surface area (Å²) in [6, 6.07) is 6.17. The zero-order chi connectivity index (χ0) is 17.0. The van der Waals surface area contributed by atoms with Crippen LogP contribution >= 0.6 is 0 Å². The van der Waals surface area contributed by atoms with E-state index in [0.29, 0.717) is 6.54 Å². The Hall–Kier alpha value is -1.10.